The largest absolute Gasteiger partial charge is 0.379 e. The Kier molecular flexibility index (Phi) is 5.19. The number of hydrogen-bond acceptors (Lipinski definition) is 6. The summed E-state index contributed by atoms with van der Waals surface area (Å²) in [7, 11) is 0. The lowest BCUT2D eigenvalue weighted by Gasteiger charge is -2.34. The van der Waals surface area contributed by atoms with Gasteiger partial charge in [0.15, 0.2) is 10.8 Å². The highest BCUT2D eigenvalue weighted by Gasteiger charge is 2.27. The van der Waals surface area contributed by atoms with Crippen LogP contribution in [0.25, 0.3) is 11.2 Å². The van der Waals surface area contributed by atoms with Crippen molar-refractivity contribution in [1.82, 2.24) is 24.4 Å². The van der Waals surface area contributed by atoms with Gasteiger partial charge in [-0.1, -0.05) is 29.8 Å². The first-order valence-corrected chi connectivity index (χ1v) is 9.21. The minimum atomic E-state index is 0. The molecule has 2 aliphatic heterocycles. The molecule has 0 N–H and O–H groups in total. The number of hydrogen-bond donors (Lipinski definition) is 0. The van der Waals surface area contributed by atoms with Gasteiger partial charge in [0.25, 0.3) is 0 Å². The van der Waals surface area contributed by atoms with E-state index >= 15 is 0 Å². The highest BCUT2D eigenvalue weighted by atomic mass is 35.5. The Bertz CT molecular complexity index is 956. The van der Waals surface area contributed by atoms with E-state index in [9.17, 15) is 0 Å². The number of fused-ring (bicyclic) bond motifs is 4. The molecule has 2 aliphatic rings. The molecule has 1 fully saturated rings. The molecule has 2 aromatic heterocycles. The Morgan fingerprint density at radius 2 is 1.89 bits per heavy atom. The van der Waals surface area contributed by atoms with Crippen LogP contribution in [0, 0.1) is 0 Å². The molecule has 4 heterocycles. The molecule has 1 saturated heterocycles. The summed E-state index contributed by atoms with van der Waals surface area (Å²) in [5.74, 6) is 0.884. The Morgan fingerprint density at radius 3 is 2.74 bits per heavy atom. The summed E-state index contributed by atoms with van der Waals surface area (Å²) in [6.07, 6.45) is 1.50. The molecule has 0 amide bonds. The van der Waals surface area contributed by atoms with E-state index in [0.29, 0.717) is 10.7 Å². The van der Waals surface area contributed by atoms with Crippen molar-refractivity contribution in [2.24, 2.45) is 0 Å². The second-order valence-electron chi connectivity index (χ2n) is 6.57. The van der Waals surface area contributed by atoms with Crippen LogP contribution in [0.5, 0.6) is 0 Å². The van der Waals surface area contributed by atoms with Crippen molar-refractivity contribution >= 4 is 46.8 Å². The fourth-order valence-electron chi connectivity index (χ4n) is 3.72. The fraction of sp³-hybridized carbons (Fsp3) is 0.389. The van der Waals surface area contributed by atoms with Crippen LogP contribution in [0.3, 0.4) is 0 Å². The van der Waals surface area contributed by atoms with Gasteiger partial charge in [-0.15, -0.1) is 12.4 Å². The summed E-state index contributed by atoms with van der Waals surface area (Å²) in [5, 5.41) is 0.397. The van der Waals surface area contributed by atoms with E-state index in [1.165, 1.54) is 17.6 Å². The van der Waals surface area contributed by atoms with Crippen molar-refractivity contribution in [2.75, 3.05) is 44.3 Å². The minimum Gasteiger partial charge on any atom is -0.379 e. The molecular weight excluding hydrogens is 387 g/mol. The second-order valence-corrected chi connectivity index (χ2v) is 6.93. The topological polar surface area (TPSA) is 59.3 Å². The van der Waals surface area contributed by atoms with Crippen LogP contribution < -0.4 is 4.90 Å². The summed E-state index contributed by atoms with van der Waals surface area (Å²) >= 11 is 6.27. The number of halogens is 2. The average Bonchev–Trinajstić information content (AvgIpc) is 3.06. The predicted octanol–water partition coefficient (Wildman–Crippen LogP) is 2.73. The highest BCUT2D eigenvalue weighted by Crippen LogP contribution is 2.37. The number of para-hydroxylation sites is 1. The van der Waals surface area contributed by atoms with Crippen LogP contribution in [-0.4, -0.2) is 63.8 Å². The van der Waals surface area contributed by atoms with Crippen molar-refractivity contribution in [3.8, 4) is 0 Å². The molecule has 9 heteroatoms. The van der Waals surface area contributed by atoms with Crippen molar-refractivity contribution in [3.05, 3.63) is 41.3 Å². The van der Waals surface area contributed by atoms with Gasteiger partial charge in [-0.05, 0) is 11.6 Å². The molecule has 0 spiro atoms. The van der Waals surface area contributed by atoms with Crippen LogP contribution in [0.15, 0.2) is 30.6 Å². The zero-order chi connectivity index (χ0) is 17.5. The number of imidazole rings is 1. The smallest absolute Gasteiger partial charge is 0.212 e. The van der Waals surface area contributed by atoms with E-state index < -0.39 is 0 Å². The van der Waals surface area contributed by atoms with E-state index in [2.05, 4.69) is 48.6 Å². The third-order valence-electron chi connectivity index (χ3n) is 5.06. The molecule has 0 unspecified atom stereocenters. The van der Waals surface area contributed by atoms with Gasteiger partial charge in [-0.3, -0.25) is 9.47 Å². The van der Waals surface area contributed by atoms with E-state index in [1.54, 1.807) is 0 Å². The van der Waals surface area contributed by atoms with Gasteiger partial charge in [0.2, 0.25) is 5.95 Å². The van der Waals surface area contributed by atoms with Crippen LogP contribution >= 0.6 is 24.0 Å². The third kappa shape index (κ3) is 3.25. The standard InChI is InChI=1S/C18H19ClN6O.ClH/c19-16-15-17(21-12-20-16)25-11-13-3-1-2-4-14(13)24(18(25)22-15)6-5-23-7-9-26-10-8-23;/h1-4,12H,5-11H2;1H. The SMILES string of the molecule is Cl.Clc1ncnc2c1nc1n2Cc2ccccc2N1CCN1CCOCC1. The summed E-state index contributed by atoms with van der Waals surface area (Å²) in [6, 6.07) is 8.47. The monoisotopic (exact) mass is 406 g/mol. The van der Waals surface area contributed by atoms with Crippen molar-refractivity contribution < 1.29 is 4.74 Å². The number of aromatic nitrogens is 4. The van der Waals surface area contributed by atoms with E-state index in [4.69, 9.17) is 21.3 Å². The quantitative estimate of drug-likeness (QED) is 0.623. The number of ether oxygens (including phenoxy) is 1. The molecule has 142 valence electrons. The summed E-state index contributed by atoms with van der Waals surface area (Å²) in [5.41, 5.74) is 3.91. The lowest BCUT2D eigenvalue weighted by Crippen LogP contribution is -2.41. The third-order valence-corrected chi connectivity index (χ3v) is 5.34. The van der Waals surface area contributed by atoms with Crippen LogP contribution in [0.4, 0.5) is 11.6 Å². The van der Waals surface area contributed by atoms with Gasteiger partial charge in [0.1, 0.15) is 11.8 Å². The Morgan fingerprint density at radius 1 is 1.07 bits per heavy atom. The molecule has 0 saturated carbocycles. The first kappa shape index (κ1) is 18.4. The van der Waals surface area contributed by atoms with Gasteiger partial charge in [0.05, 0.1) is 19.8 Å². The molecule has 7 nitrogen and oxygen atoms in total. The molecule has 0 aliphatic carbocycles. The van der Waals surface area contributed by atoms with E-state index in [0.717, 1.165) is 57.5 Å². The molecular formula is C18H20Cl2N6O. The maximum atomic E-state index is 6.27. The molecule has 0 atom stereocenters. The number of rotatable bonds is 3. The first-order valence-electron chi connectivity index (χ1n) is 8.83. The molecule has 3 aromatic rings. The zero-order valence-electron chi connectivity index (χ0n) is 14.7. The minimum absolute atomic E-state index is 0. The lowest BCUT2D eigenvalue weighted by molar-refractivity contribution is 0.0393. The zero-order valence-corrected chi connectivity index (χ0v) is 16.3. The summed E-state index contributed by atoms with van der Waals surface area (Å²) in [6.45, 7) is 6.11. The first-order chi connectivity index (χ1) is 12.8. The fourth-order valence-corrected chi connectivity index (χ4v) is 3.89. The van der Waals surface area contributed by atoms with Crippen molar-refractivity contribution in [2.45, 2.75) is 6.54 Å². The normalized spacial score (nSPS) is 16.7. The Hall–Kier alpha value is -1.93. The maximum absolute atomic E-state index is 6.27. The predicted molar refractivity (Wildman–Crippen MR) is 107 cm³/mol. The summed E-state index contributed by atoms with van der Waals surface area (Å²) in [4.78, 5) is 18.0. The second kappa shape index (κ2) is 7.59. The van der Waals surface area contributed by atoms with Crippen LogP contribution in [-0.2, 0) is 11.3 Å². The van der Waals surface area contributed by atoms with Gasteiger partial charge in [-0.2, -0.15) is 0 Å². The Balaban J connectivity index is 0.00000180. The van der Waals surface area contributed by atoms with Crippen molar-refractivity contribution in [3.63, 3.8) is 0 Å². The number of benzene rings is 1. The van der Waals surface area contributed by atoms with Gasteiger partial charge in [-0.25, -0.2) is 15.0 Å². The lowest BCUT2D eigenvalue weighted by atomic mass is 10.1. The Labute approximate surface area is 168 Å². The van der Waals surface area contributed by atoms with Crippen LogP contribution in [0.2, 0.25) is 5.15 Å². The maximum Gasteiger partial charge on any atom is 0.212 e. The average molecular weight is 407 g/mol. The molecule has 1 aromatic carbocycles. The van der Waals surface area contributed by atoms with Gasteiger partial charge < -0.3 is 9.64 Å². The van der Waals surface area contributed by atoms with Gasteiger partial charge in [0, 0.05) is 31.9 Å². The molecule has 0 radical (unpaired) electrons. The molecule has 0 bridgehead atoms. The molecule has 5 rings (SSSR count). The van der Waals surface area contributed by atoms with E-state index in [-0.39, 0.29) is 12.4 Å². The van der Waals surface area contributed by atoms with E-state index in [1.807, 2.05) is 0 Å². The summed E-state index contributed by atoms with van der Waals surface area (Å²) < 4.78 is 7.58. The molecule has 27 heavy (non-hydrogen) atoms. The number of nitrogens with zero attached hydrogens (tertiary/aromatic N) is 6. The number of anilines is 2. The number of morpholine rings is 1. The highest BCUT2D eigenvalue weighted by molar-refractivity contribution is 6.33. The van der Waals surface area contributed by atoms with Gasteiger partial charge >= 0.3 is 0 Å². The van der Waals surface area contributed by atoms with Crippen molar-refractivity contribution in [1.29, 1.82) is 0 Å². The van der Waals surface area contributed by atoms with Crippen LogP contribution in [0.1, 0.15) is 5.56 Å².